The number of unbranched alkanes of at least 4 members (excludes halogenated alkanes) is 1. The first-order valence-electron chi connectivity index (χ1n) is 39.5. The van der Waals surface area contributed by atoms with Gasteiger partial charge in [-0.1, -0.05) is 63.8 Å². The second kappa shape index (κ2) is 52.1. The zero-order valence-electron chi connectivity index (χ0n) is 67.4. The lowest BCUT2D eigenvalue weighted by molar-refractivity contribution is -0.272. The maximum absolute atomic E-state index is 15.0. The fourth-order valence-electron chi connectivity index (χ4n) is 13.8. The number of nitrogens with zero attached hydrogens (tertiary/aromatic N) is 14. The Morgan fingerprint density at radius 2 is 0.765 bits per heavy atom. The third-order valence-electron chi connectivity index (χ3n) is 19.9. The molecule has 4 amide bonds. The van der Waals surface area contributed by atoms with Crippen LogP contribution in [0.25, 0.3) is 0 Å². The Morgan fingerprint density at radius 1 is 0.445 bits per heavy atom. The summed E-state index contributed by atoms with van der Waals surface area (Å²) in [5.41, 5.74) is 2.29. The number of carbonyl (C=O) groups excluding carboxylic acids is 5. The third-order valence-corrected chi connectivity index (χ3v) is 22.6. The first kappa shape index (κ1) is 98.7. The maximum atomic E-state index is 15.0. The van der Waals surface area contributed by atoms with Crippen LogP contribution in [-0.4, -0.2) is 396 Å². The van der Waals surface area contributed by atoms with Crippen LogP contribution in [0, 0.1) is 5.92 Å². The van der Waals surface area contributed by atoms with Crippen molar-refractivity contribution >= 4 is 59.1 Å². The molecule has 119 heavy (non-hydrogen) atoms. The molecule has 8 rings (SSSR count). The number of carbonyl (C=O) groups is 5. The van der Waals surface area contributed by atoms with Gasteiger partial charge in [0.25, 0.3) is 0 Å². The molecule has 0 radical (unpaired) electrons. The van der Waals surface area contributed by atoms with E-state index in [0.29, 0.717) is 80.4 Å². The topological polar surface area (TPSA) is 596 Å². The minimum atomic E-state index is -1.49. The van der Waals surface area contributed by atoms with Gasteiger partial charge in [0.1, 0.15) is 84.9 Å². The number of hydrogen-bond acceptors (Lipinski definition) is 40. The SMILES string of the molecule is CC(=O)NC1C(OCCOCCn2cc(CN(CCCC[C@H](C(=O)CCCSSP)N(Cc3cn(CCOCCOC4OC(CO)C(O)C(O)C4NC(C)=O)nn3)Cc3cn(CCOCCOC4OC(CO)C(O)C(O)C4NC(C)=O)nn3)Cc3cn(CCOCCOC4OC(CO)C(O)C(O)C4NC(C)=O)nn3)nn2)OC(CO)C(O)C1C. The van der Waals surface area contributed by atoms with E-state index in [-0.39, 0.29) is 130 Å². The first-order valence-corrected chi connectivity index (χ1v) is 43.3. The Balaban J connectivity index is 0.936. The molecule has 22 atom stereocenters. The van der Waals surface area contributed by atoms with Gasteiger partial charge in [0.15, 0.2) is 25.2 Å². The molecule has 0 aromatic carbocycles. The van der Waals surface area contributed by atoms with E-state index in [1.54, 1.807) is 61.2 Å². The lowest BCUT2D eigenvalue weighted by Gasteiger charge is -2.43. The number of rotatable bonds is 56. The van der Waals surface area contributed by atoms with Crippen molar-refractivity contribution in [3.63, 3.8) is 0 Å². The highest BCUT2D eigenvalue weighted by molar-refractivity contribution is 8.94. The van der Waals surface area contributed by atoms with Crippen molar-refractivity contribution in [2.75, 3.05) is 118 Å². The molecule has 0 bridgehead atoms. The van der Waals surface area contributed by atoms with Gasteiger partial charge in [-0.05, 0) is 25.8 Å². The summed E-state index contributed by atoms with van der Waals surface area (Å²) in [4.78, 5) is 67.0. The molecule has 674 valence electrons. The molecule has 4 saturated heterocycles. The van der Waals surface area contributed by atoms with Gasteiger partial charge in [0, 0.05) is 96.8 Å². The van der Waals surface area contributed by atoms with E-state index in [4.69, 9.17) is 56.8 Å². The summed E-state index contributed by atoms with van der Waals surface area (Å²) < 4.78 is 76.1. The number of ether oxygens (including phenoxy) is 12. The Morgan fingerprint density at radius 3 is 1.09 bits per heavy atom. The van der Waals surface area contributed by atoms with E-state index >= 15 is 0 Å². The summed E-state index contributed by atoms with van der Waals surface area (Å²) in [5.74, 6) is -1.60. The molecular weight excluding hydrogens is 1640 g/mol. The van der Waals surface area contributed by atoms with Crippen LogP contribution in [-0.2, 0) is 133 Å². The molecule has 49 heteroatoms. The Labute approximate surface area is 697 Å². The van der Waals surface area contributed by atoms with Crippen molar-refractivity contribution < 1.29 is 137 Å². The predicted molar refractivity (Wildman–Crippen MR) is 417 cm³/mol. The summed E-state index contributed by atoms with van der Waals surface area (Å²) in [5, 5.41) is 159. The van der Waals surface area contributed by atoms with Gasteiger partial charge in [0.2, 0.25) is 23.6 Å². The summed E-state index contributed by atoms with van der Waals surface area (Å²) in [6.45, 7) is 7.95. The highest BCUT2D eigenvalue weighted by Gasteiger charge is 2.49. The van der Waals surface area contributed by atoms with Crippen LogP contribution in [0.1, 0.15) is 89.5 Å². The normalized spacial score (nSPS) is 27.6. The van der Waals surface area contributed by atoms with Crippen molar-refractivity contribution in [3.05, 3.63) is 47.6 Å². The summed E-state index contributed by atoms with van der Waals surface area (Å²) in [6, 6.07) is -4.72. The minimum absolute atomic E-state index is 0.00586. The van der Waals surface area contributed by atoms with Crippen LogP contribution < -0.4 is 21.3 Å². The summed E-state index contributed by atoms with van der Waals surface area (Å²) >= 11 is 0. The van der Waals surface area contributed by atoms with E-state index < -0.39 is 173 Å². The van der Waals surface area contributed by atoms with E-state index in [1.807, 2.05) is 4.90 Å². The average molecular weight is 1760 g/mol. The largest absolute Gasteiger partial charge is 0.394 e. The second-order valence-electron chi connectivity index (χ2n) is 29.0. The highest BCUT2D eigenvalue weighted by atomic mass is 33.3. The zero-order chi connectivity index (χ0) is 85.9. The standard InChI is InChI=1S/C70H119N18O28PS2/c1-41-56(71-42(2)93)67(113-52(37-89)60(41)98)109-24-20-105-16-12-85-33-46(75-79-85)29-83(30-47-34-86(80-76-47)13-17-106-21-25-110-68-57(72-43(3)94)64(102)61(99)53(38-90)114-68)11-7-6-9-50(51(97)10-8-28-118-119-117)84(31-48-35-87(81-77-48)14-18-107-22-26-111-69-58(73-44(4)95)65(103)62(100)54(39-91)115-69)32-49-36-88(82-78-49)15-19-108-23-27-112-70-59(74-45(5)96)66(104)63(101)55(40-92)116-70/h33-36,41,50,52-70,89-92,98-104H,6-32,37-40,117H2,1-5H3,(H,71,93)(H,72,94)(H,73,95)(H,74,96)/t41?,50-,52?,53?,54?,55?,56?,57?,58?,59?,60?,61?,62?,63?,64?,65?,66?,67?,68?,69?,70?/m1/s1. The van der Waals surface area contributed by atoms with Crippen molar-refractivity contribution in [2.24, 2.45) is 5.92 Å². The Bertz CT molecular complexity index is 3410. The van der Waals surface area contributed by atoms with E-state index in [1.165, 1.54) is 38.1 Å². The van der Waals surface area contributed by atoms with Crippen molar-refractivity contribution in [3.8, 4) is 0 Å². The molecule has 4 fully saturated rings. The molecule has 8 heterocycles. The van der Waals surface area contributed by atoms with Crippen LogP contribution in [0.4, 0.5) is 0 Å². The molecule has 4 aromatic heterocycles. The molecule has 0 saturated carbocycles. The zero-order valence-corrected chi connectivity index (χ0v) is 70.2. The van der Waals surface area contributed by atoms with Crippen LogP contribution in [0.5, 0.6) is 0 Å². The summed E-state index contributed by atoms with van der Waals surface area (Å²) in [7, 11) is 5.75. The third kappa shape index (κ3) is 31.8. The van der Waals surface area contributed by atoms with Gasteiger partial charge in [-0.15, -0.1) is 20.4 Å². The molecule has 0 spiro atoms. The van der Waals surface area contributed by atoms with Gasteiger partial charge in [-0.25, -0.2) is 18.7 Å². The predicted octanol–water partition coefficient (Wildman–Crippen LogP) is -7.00. The number of hydrogen-bond donors (Lipinski definition) is 15. The monoisotopic (exact) mass is 1750 g/mol. The number of amides is 4. The molecule has 4 aromatic rings. The fraction of sp³-hybridized carbons (Fsp3) is 0.814. The lowest BCUT2D eigenvalue weighted by atomic mass is 9.89. The van der Waals surface area contributed by atoms with Gasteiger partial charge < -0.3 is 134 Å². The van der Waals surface area contributed by atoms with E-state index in [9.17, 15) is 80.1 Å². The molecule has 0 aliphatic carbocycles. The Hall–Kier alpha value is -5.76. The average Bonchev–Trinajstić information content (AvgIpc) is 1.22. The number of Topliss-reactive ketones (excluding diaryl/α,β-unsaturated/α-hetero) is 1. The van der Waals surface area contributed by atoms with Gasteiger partial charge >= 0.3 is 0 Å². The second-order valence-corrected chi connectivity index (χ2v) is 32.9. The highest BCUT2D eigenvalue weighted by Crippen LogP contribution is 2.31. The van der Waals surface area contributed by atoms with Crippen molar-refractivity contribution in [1.29, 1.82) is 0 Å². The van der Waals surface area contributed by atoms with Crippen molar-refractivity contribution in [2.45, 2.75) is 242 Å². The molecular formula is C70H119N18O28PS2. The number of aliphatic hydroxyl groups is 11. The Kier molecular flexibility index (Phi) is 43.2. The smallest absolute Gasteiger partial charge is 0.217 e. The van der Waals surface area contributed by atoms with E-state index in [2.05, 4.69) is 75.9 Å². The lowest BCUT2D eigenvalue weighted by Crippen LogP contribution is -2.64. The summed E-state index contributed by atoms with van der Waals surface area (Å²) in [6.07, 6.45) is -9.35. The number of ketones is 1. The van der Waals surface area contributed by atoms with Gasteiger partial charge in [0.05, 0.1) is 173 Å². The number of aromatic nitrogens is 12. The first-order chi connectivity index (χ1) is 57.3. The van der Waals surface area contributed by atoms with Crippen LogP contribution in [0.15, 0.2) is 24.8 Å². The maximum Gasteiger partial charge on any atom is 0.217 e. The number of aliphatic hydroxyl groups excluding tert-OH is 11. The van der Waals surface area contributed by atoms with Crippen molar-refractivity contribution in [1.82, 2.24) is 91.0 Å². The van der Waals surface area contributed by atoms with Gasteiger partial charge in [-0.2, -0.15) is 0 Å². The number of nitrogens with one attached hydrogen (secondary N) is 4. The molecule has 21 unspecified atom stereocenters. The molecule has 4 aliphatic heterocycles. The molecule has 46 nitrogen and oxygen atoms in total. The van der Waals surface area contributed by atoms with E-state index in [0.717, 1.165) is 0 Å². The molecule has 15 N–H and O–H groups in total. The fourth-order valence-corrected chi connectivity index (χ4v) is 15.7. The van der Waals surface area contributed by atoms with Gasteiger partial charge in [-0.3, -0.25) is 33.8 Å². The quantitative estimate of drug-likeness (QED) is 0.0111. The minimum Gasteiger partial charge on any atom is -0.394 e. The van der Waals surface area contributed by atoms with Crippen LogP contribution in [0.2, 0.25) is 0 Å². The molecule has 4 aliphatic rings. The van der Waals surface area contributed by atoms with Crippen LogP contribution >= 0.6 is 29.6 Å². The van der Waals surface area contributed by atoms with Crippen LogP contribution in [0.3, 0.4) is 0 Å².